The standard InChI is InChI=1S/C14H21ClF3N3/c1-8-11(13(15)21(2)20-8)7-12(19)9-4-3-5-10(6-9)14(16,17)18/h9-10,12H,3-7,19H2,1-2H3. The van der Waals surface area contributed by atoms with E-state index in [1.54, 1.807) is 11.7 Å². The molecular formula is C14H21ClF3N3. The van der Waals surface area contributed by atoms with Crippen molar-refractivity contribution in [3.05, 3.63) is 16.4 Å². The summed E-state index contributed by atoms with van der Waals surface area (Å²) in [5.74, 6) is -1.33. The van der Waals surface area contributed by atoms with Gasteiger partial charge in [-0.2, -0.15) is 18.3 Å². The highest BCUT2D eigenvalue weighted by Crippen LogP contribution is 2.41. The zero-order chi connectivity index (χ0) is 15.8. The largest absolute Gasteiger partial charge is 0.391 e. The molecule has 3 atom stereocenters. The summed E-state index contributed by atoms with van der Waals surface area (Å²) in [4.78, 5) is 0. The Morgan fingerprint density at radius 2 is 2.10 bits per heavy atom. The SMILES string of the molecule is Cc1nn(C)c(Cl)c1CC(N)C1CCCC(C(F)(F)F)C1. The molecule has 1 aliphatic rings. The van der Waals surface area contributed by atoms with Crippen LogP contribution in [-0.4, -0.2) is 22.0 Å². The van der Waals surface area contributed by atoms with Crippen molar-refractivity contribution in [1.29, 1.82) is 0 Å². The first-order valence-electron chi connectivity index (χ1n) is 7.20. The molecule has 0 bridgehead atoms. The number of hydrogen-bond donors (Lipinski definition) is 1. The molecule has 0 aliphatic heterocycles. The highest BCUT2D eigenvalue weighted by Gasteiger charge is 2.43. The van der Waals surface area contributed by atoms with E-state index in [0.29, 0.717) is 18.0 Å². The van der Waals surface area contributed by atoms with Crippen molar-refractivity contribution in [3.63, 3.8) is 0 Å². The number of aryl methyl sites for hydroxylation is 2. The zero-order valence-corrected chi connectivity index (χ0v) is 13.0. The van der Waals surface area contributed by atoms with Crippen LogP contribution >= 0.6 is 11.6 Å². The molecule has 0 amide bonds. The van der Waals surface area contributed by atoms with Gasteiger partial charge in [-0.25, -0.2) is 0 Å². The molecule has 0 radical (unpaired) electrons. The maximum Gasteiger partial charge on any atom is 0.391 e. The predicted octanol–water partition coefficient (Wildman–Crippen LogP) is 3.62. The van der Waals surface area contributed by atoms with Crippen molar-refractivity contribution < 1.29 is 13.2 Å². The zero-order valence-electron chi connectivity index (χ0n) is 12.3. The minimum atomic E-state index is -4.11. The van der Waals surface area contributed by atoms with Crippen LogP contribution in [0.2, 0.25) is 5.15 Å². The van der Waals surface area contributed by atoms with E-state index in [2.05, 4.69) is 5.10 Å². The number of rotatable bonds is 3. The van der Waals surface area contributed by atoms with E-state index in [1.165, 1.54) is 0 Å². The maximum absolute atomic E-state index is 12.9. The summed E-state index contributed by atoms with van der Waals surface area (Å²) < 4.78 is 40.2. The van der Waals surface area contributed by atoms with Crippen LogP contribution in [0.4, 0.5) is 13.2 Å². The molecule has 120 valence electrons. The second-order valence-corrected chi connectivity index (χ2v) is 6.37. The minimum absolute atomic E-state index is 0.110. The van der Waals surface area contributed by atoms with E-state index in [1.807, 2.05) is 6.92 Å². The predicted molar refractivity (Wildman–Crippen MR) is 76.1 cm³/mol. The van der Waals surface area contributed by atoms with E-state index in [-0.39, 0.29) is 24.8 Å². The number of alkyl halides is 3. The van der Waals surface area contributed by atoms with E-state index in [9.17, 15) is 13.2 Å². The Bertz CT molecular complexity index is 498. The summed E-state index contributed by atoms with van der Waals surface area (Å²) in [6, 6.07) is -0.310. The summed E-state index contributed by atoms with van der Waals surface area (Å²) >= 11 is 6.16. The monoisotopic (exact) mass is 323 g/mol. The average Bonchev–Trinajstić information content (AvgIpc) is 2.64. The normalized spacial score (nSPS) is 25.1. The smallest absolute Gasteiger partial charge is 0.327 e. The van der Waals surface area contributed by atoms with Crippen LogP contribution in [0.15, 0.2) is 0 Å². The first-order valence-corrected chi connectivity index (χ1v) is 7.58. The lowest BCUT2D eigenvalue weighted by Crippen LogP contribution is -2.39. The van der Waals surface area contributed by atoms with Gasteiger partial charge in [-0.05, 0) is 38.5 Å². The lowest BCUT2D eigenvalue weighted by atomic mass is 9.76. The summed E-state index contributed by atoms with van der Waals surface area (Å²) in [5.41, 5.74) is 7.81. The first kappa shape index (κ1) is 16.6. The molecule has 1 aromatic heterocycles. The Kier molecular flexibility index (Phi) is 4.88. The van der Waals surface area contributed by atoms with E-state index < -0.39 is 12.1 Å². The number of nitrogens with zero attached hydrogens (tertiary/aromatic N) is 2. The van der Waals surface area contributed by atoms with Gasteiger partial charge in [0.15, 0.2) is 0 Å². The summed E-state index contributed by atoms with van der Waals surface area (Å²) in [6.45, 7) is 1.84. The molecule has 0 saturated heterocycles. The molecular weight excluding hydrogens is 303 g/mol. The molecule has 1 saturated carbocycles. The van der Waals surface area contributed by atoms with Crippen LogP contribution in [0.25, 0.3) is 0 Å². The van der Waals surface area contributed by atoms with Crippen LogP contribution < -0.4 is 5.73 Å². The van der Waals surface area contributed by atoms with Gasteiger partial charge in [-0.15, -0.1) is 0 Å². The van der Waals surface area contributed by atoms with Crippen molar-refractivity contribution >= 4 is 11.6 Å². The second kappa shape index (κ2) is 6.16. The molecule has 21 heavy (non-hydrogen) atoms. The topological polar surface area (TPSA) is 43.8 Å². The molecule has 0 spiro atoms. The molecule has 1 aromatic rings. The highest BCUT2D eigenvalue weighted by atomic mass is 35.5. The van der Waals surface area contributed by atoms with E-state index in [4.69, 9.17) is 17.3 Å². The number of aromatic nitrogens is 2. The van der Waals surface area contributed by atoms with Gasteiger partial charge < -0.3 is 5.73 Å². The summed E-state index contributed by atoms with van der Waals surface area (Å²) in [7, 11) is 1.74. The molecule has 3 nitrogen and oxygen atoms in total. The maximum atomic E-state index is 12.9. The second-order valence-electron chi connectivity index (χ2n) is 6.01. The highest BCUT2D eigenvalue weighted by molar-refractivity contribution is 6.30. The van der Waals surface area contributed by atoms with Gasteiger partial charge in [0.05, 0.1) is 11.6 Å². The van der Waals surface area contributed by atoms with Crippen LogP contribution in [0.3, 0.4) is 0 Å². The van der Waals surface area contributed by atoms with Crippen molar-refractivity contribution in [1.82, 2.24) is 9.78 Å². The molecule has 1 fully saturated rings. The Morgan fingerprint density at radius 1 is 1.43 bits per heavy atom. The molecule has 1 aliphatic carbocycles. The number of halogens is 4. The Labute approximate surface area is 127 Å². The molecule has 0 aromatic carbocycles. The lowest BCUT2D eigenvalue weighted by molar-refractivity contribution is -0.186. The average molecular weight is 324 g/mol. The molecule has 3 unspecified atom stereocenters. The fourth-order valence-corrected chi connectivity index (χ4v) is 3.47. The van der Waals surface area contributed by atoms with Crippen LogP contribution in [0, 0.1) is 18.8 Å². The Hall–Kier alpha value is -0.750. The van der Waals surface area contributed by atoms with Crippen molar-refractivity contribution in [3.8, 4) is 0 Å². The third-order valence-electron chi connectivity index (χ3n) is 4.49. The van der Waals surface area contributed by atoms with Gasteiger partial charge >= 0.3 is 6.18 Å². The fraction of sp³-hybridized carbons (Fsp3) is 0.786. The van der Waals surface area contributed by atoms with E-state index >= 15 is 0 Å². The van der Waals surface area contributed by atoms with Crippen LogP contribution in [0.1, 0.15) is 36.9 Å². The minimum Gasteiger partial charge on any atom is -0.327 e. The molecule has 7 heteroatoms. The van der Waals surface area contributed by atoms with Crippen molar-refractivity contribution in [2.75, 3.05) is 0 Å². The van der Waals surface area contributed by atoms with E-state index in [0.717, 1.165) is 17.7 Å². The van der Waals surface area contributed by atoms with Crippen LogP contribution in [-0.2, 0) is 13.5 Å². The summed E-state index contributed by atoms with van der Waals surface area (Å²) in [5, 5.41) is 4.73. The Morgan fingerprint density at radius 3 is 2.62 bits per heavy atom. The van der Waals surface area contributed by atoms with Gasteiger partial charge in [0.25, 0.3) is 0 Å². The third kappa shape index (κ3) is 3.72. The van der Waals surface area contributed by atoms with Gasteiger partial charge in [0.1, 0.15) is 5.15 Å². The van der Waals surface area contributed by atoms with Crippen molar-refractivity contribution in [2.45, 2.75) is 51.2 Å². The van der Waals surface area contributed by atoms with Gasteiger partial charge in [0.2, 0.25) is 0 Å². The molecule has 2 N–H and O–H groups in total. The molecule has 1 heterocycles. The Balaban J connectivity index is 2.04. The van der Waals surface area contributed by atoms with Crippen molar-refractivity contribution in [2.24, 2.45) is 24.6 Å². The van der Waals surface area contributed by atoms with Gasteiger partial charge in [-0.1, -0.05) is 18.0 Å². The fourth-order valence-electron chi connectivity index (χ4n) is 3.22. The van der Waals surface area contributed by atoms with Gasteiger partial charge in [0, 0.05) is 18.7 Å². The van der Waals surface area contributed by atoms with Gasteiger partial charge in [-0.3, -0.25) is 4.68 Å². The summed E-state index contributed by atoms with van der Waals surface area (Å²) in [6.07, 6.45) is -1.94. The number of nitrogens with two attached hydrogens (primary N) is 1. The molecule has 2 rings (SSSR count). The third-order valence-corrected chi connectivity index (χ3v) is 4.97. The van der Waals surface area contributed by atoms with Crippen LogP contribution in [0.5, 0.6) is 0 Å². The quantitative estimate of drug-likeness (QED) is 0.923. The number of hydrogen-bond acceptors (Lipinski definition) is 2. The first-order chi connectivity index (χ1) is 9.70. The lowest BCUT2D eigenvalue weighted by Gasteiger charge is -2.33.